The van der Waals surface area contributed by atoms with E-state index < -0.39 is 27.0 Å². The molecule has 0 bridgehead atoms. The van der Waals surface area contributed by atoms with Gasteiger partial charge in [0.15, 0.2) is 0 Å². The van der Waals surface area contributed by atoms with Gasteiger partial charge in [-0.2, -0.15) is 21.6 Å². The number of fused-ring (bicyclic) bond motifs is 1. The number of halogens is 4. The van der Waals surface area contributed by atoms with Crippen molar-refractivity contribution in [1.29, 1.82) is 0 Å². The minimum Gasteiger partial charge on any atom is -0.482 e. The molecule has 0 fully saturated rings. The van der Waals surface area contributed by atoms with Crippen molar-refractivity contribution < 1.29 is 30.5 Å². The molecule has 0 unspecified atom stereocenters. The van der Waals surface area contributed by atoms with E-state index in [-0.39, 0.29) is 5.75 Å². The van der Waals surface area contributed by atoms with Crippen molar-refractivity contribution in [3.8, 4) is 11.5 Å². The first-order chi connectivity index (χ1) is 12.4. The van der Waals surface area contributed by atoms with E-state index in [4.69, 9.17) is 4.74 Å². The van der Waals surface area contributed by atoms with Crippen molar-refractivity contribution in [3.05, 3.63) is 58.1 Å². The second-order valence-electron chi connectivity index (χ2n) is 6.36. The lowest BCUT2D eigenvalue weighted by atomic mass is 9.87. The maximum atomic E-state index is 12.5. The van der Waals surface area contributed by atoms with Gasteiger partial charge in [-0.25, -0.2) is 0 Å². The largest absolute Gasteiger partial charge is 0.534 e. The molecular formula is C18H14BrF3O4S. The van der Waals surface area contributed by atoms with Crippen LogP contribution in [0.1, 0.15) is 25.0 Å². The van der Waals surface area contributed by atoms with Gasteiger partial charge < -0.3 is 8.92 Å². The summed E-state index contributed by atoms with van der Waals surface area (Å²) in [5, 5.41) is 0. The van der Waals surface area contributed by atoms with Crippen LogP contribution in [0, 0.1) is 0 Å². The van der Waals surface area contributed by atoms with Gasteiger partial charge in [0.1, 0.15) is 17.1 Å². The average Bonchev–Trinajstić information content (AvgIpc) is 2.53. The molecule has 144 valence electrons. The Kier molecular flexibility index (Phi) is 4.80. The molecule has 1 heterocycles. The predicted octanol–water partition coefficient (Wildman–Crippen LogP) is 5.39. The Morgan fingerprint density at radius 2 is 1.70 bits per heavy atom. The Bertz CT molecular complexity index is 1010. The zero-order valence-electron chi connectivity index (χ0n) is 14.2. The number of rotatable bonds is 3. The van der Waals surface area contributed by atoms with Crippen LogP contribution in [0.3, 0.4) is 0 Å². The molecule has 0 saturated carbocycles. The normalized spacial score (nSPS) is 16.1. The lowest BCUT2D eigenvalue weighted by Crippen LogP contribution is -2.32. The van der Waals surface area contributed by atoms with Crippen molar-refractivity contribution in [2.24, 2.45) is 0 Å². The van der Waals surface area contributed by atoms with Crippen LogP contribution >= 0.6 is 15.9 Å². The summed E-state index contributed by atoms with van der Waals surface area (Å²) in [5.74, 6) is -0.238. The first-order valence-corrected chi connectivity index (χ1v) is 9.91. The first kappa shape index (κ1) is 19.8. The third-order valence-corrected chi connectivity index (χ3v) is 5.45. The van der Waals surface area contributed by atoms with Gasteiger partial charge in [0.05, 0.1) is 0 Å². The van der Waals surface area contributed by atoms with Crippen molar-refractivity contribution >= 4 is 37.7 Å². The van der Waals surface area contributed by atoms with Gasteiger partial charge in [0.2, 0.25) is 0 Å². The van der Waals surface area contributed by atoms with E-state index in [1.165, 1.54) is 6.07 Å². The Labute approximate surface area is 162 Å². The number of ether oxygens (including phenoxy) is 1. The topological polar surface area (TPSA) is 52.6 Å². The molecule has 4 nitrogen and oxygen atoms in total. The molecule has 2 aromatic carbocycles. The molecule has 1 aliphatic heterocycles. The van der Waals surface area contributed by atoms with Gasteiger partial charge in [-0.3, -0.25) is 0 Å². The standard InChI is InChI=1S/C18H14BrF3O4S/c1-17(2)15(11-3-6-13(19)7-4-11)9-12-5-8-14(10-16(12)25-17)26-27(23,24)18(20,21)22/h3-10H,1-2H3. The summed E-state index contributed by atoms with van der Waals surface area (Å²) in [7, 11) is -5.74. The second kappa shape index (κ2) is 6.56. The van der Waals surface area contributed by atoms with Gasteiger partial charge in [-0.1, -0.05) is 28.1 Å². The van der Waals surface area contributed by atoms with E-state index in [1.807, 2.05) is 44.2 Å². The van der Waals surface area contributed by atoms with E-state index in [2.05, 4.69) is 20.1 Å². The SMILES string of the molecule is CC1(C)Oc2cc(OS(=O)(=O)C(F)(F)F)ccc2C=C1c1ccc(Br)cc1. The minimum atomic E-state index is -5.74. The van der Waals surface area contributed by atoms with Crippen LogP contribution in [0.25, 0.3) is 11.6 Å². The summed E-state index contributed by atoms with van der Waals surface area (Å²) in [6.07, 6.45) is 1.85. The third-order valence-electron chi connectivity index (χ3n) is 3.94. The van der Waals surface area contributed by atoms with E-state index in [0.717, 1.165) is 27.7 Å². The number of benzene rings is 2. The average molecular weight is 463 g/mol. The molecule has 0 aromatic heterocycles. The van der Waals surface area contributed by atoms with E-state index >= 15 is 0 Å². The smallest absolute Gasteiger partial charge is 0.482 e. The summed E-state index contributed by atoms with van der Waals surface area (Å²) in [5.41, 5.74) is -3.89. The maximum absolute atomic E-state index is 12.5. The highest BCUT2D eigenvalue weighted by atomic mass is 79.9. The molecule has 27 heavy (non-hydrogen) atoms. The third kappa shape index (κ3) is 3.98. The quantitative estimate of drug-likeness (QED) is 0.453. The van der Waals surface area contributed by atoms with Gasteiger partial charge in [-0.05, 0) is 49.8 Å². The highest BCUT2D eigenvalue weighted by Crippen LogP contribution is 2.42. The molecule has 0 N–H and O–H groups in total. The van der Waals surface area contributed by atoms with Crippen LogP contribution < -0.4 is 8.92 Å². The molecule has 9 heteroatoms. The monoisotopic (exact) mass is 462 g/mol. The van der Waals surface area contributed by atoms with Crippen molar-refractivity contribution in [2.75, 3.05) is 0 Å². The van der Waals surface area contributed by atoms with Gasteiger partial charge in [0, 0.05) is 21.7 Å². The summed E-state index contributed by atoms with van der Waals surface area (Å²) < 4.78 is 70.8. The van der Waals surface area contributed by atoms with Crippen LogP contribution in [-0.2, 0) is 10.1 Å². The Morgan fingerprint density at radius 1 is 1.07 bits per heavy atom. The van der Waals surface area contributed by atoms with Gasteiger partial charge in [0.25, 0.3) is 0 Å². The van der Waals surface area contributed by atoms with Crippen molar-refractivity contribution in [1.82, 2.24) is 0 Å². The van der Waals surface area contributed by atoms with E-state index in [1.54, 1.807) is 0 Å². The second-order valence-corrected chi connectivity index (χ2v) is 8.81. The molecule has 0 aliphatic carbocycles. The maximum Gasteiger partial charge on any atom is 0.534 e. The van der Waals surface area contributed by atoms with Crippen LogP contribution in [0.5, 0.6) is 11.5 Å². The molecule has 0 amide bonds. The summed E-state index contributed by atoms with van der Waals surface area (Å²) in [6.45, 7) is 3.62. The molecule has 2 aromatic rings. The van der Waals surface area contributed by atoms with E-state index in [0.29, 0.717) is 5.56 Å². The van der Waals surface area contributed by atoms with Crippen LogP contribution in [0.15, 0.2) is 46.9 Å². The summed E-state index contributed by atoms with van der Waals surface area (Å²) >= 11 is 3.38. The molecule has 0 radical (unpaired) electrons. The van der Waals surface area contributed by atoms with Crippen LogP contribution in [0.2, 0.25) is 0 Å². The van der Waals surface area contributed by atoms with Gasteiger partial charge in [-0.15, -0.1) is 0 Å². The predicted molar refractivity (Wildman–Crippen MR) is 98.8 cm³/mol. The number of hydrogen-bond acceptors (Lipinski definition) is 4. The lowest BCUT2D eigenvalue weighted by Gasteiger charge is -2.34. The first-order valence-electron chi connectivity index (χ1n) is 7.71. The van der Waals surface area contributed by atoms with Crippen molar-refractivity contribution in [3.63, 3.8) is 0 Å². The zero-order valence-corrected chi connectivity index (χ0v) is 16.6. The fourth-order valence-electron chi connectivity index (χ4n) is 2.67. The van der Waals surface area contributed by atoms with Crippen molar-refractivity contribution in [2.45, 2.75) is 25.0 Å². The summed E-state index contributed by atoms with van der Waals surface area (Å²) in [6, 6.07) is 11.3. The van der Waals surface area contributed by atoms with Gasteiger partial charge >= 0.3 is 15.6 Å². The Hall–Kier alpha value is -2.00. The highest BCUT2D eigenvalue weighted by molar-refractivity contribution is 9.10. The molecule has 1 aliphatic rings. The zero-order chi connectivity index (χ0) is 20.0. The van der Waals surface area contributed by atoms with Crippen LogP contribution in [0.4, 0.5) is 13.2 Å². The Morgan fingerprint density at radius 3 is 2.30 bits per heavy atom. The Balaban J connectivity index is 1.99. The van der Waals surface area contributed by atoms with E-state index in [9.17, 15) is 21.6 Å². The molecule has 0 saturated heterocycles. The fraction of sp³-hybridized carbons (Fsp3) is 0.222. The highest BCUT2D eigenvalue weighted by Gasteiger charge is 2.48. The lowest BCUT2D eigenvalue weighted by molar-refractivity contribution is -0.0500. The summed E-state index contributed by atoms with van der Waals surface area (Å²) in [4.78, 5) is 0. The minimum absolute atomic E-state index is 0.232. The van der Waals surface area contributed by atoms with Crippen LogP contribution in [-0.4, -0.2) is 19.5 Å². The number of hydrogen-bond donors (Lipinski definition) is 0. The molecule has 3 rings (SSSR count). The molecule has 0 spiro atoms. The fourth-order valence-corrected chi connectivity index (χ4v) is 3.38. The molecule has 0 atom stereocenters. The number of alkyl halides is 3. The molecular weight excluding hydrogens is 449 g/mol.